The summed E-state index contributed by atoms with van der Waals surface area (Å²) in [6.45, 7) is 17.9. The molecule has 9 heterocycles. The average Bonchev–Trinajstić information content (AvgIpc) is 1.54. The Hall–Kier alpha value is -11.4. The molecule has 2 aliphatic heterocycles. The fourth-order valence-electron chi connectivity index (χ4n) is 19.6. The van der Waals surface area contributed by atoms with Crippen molar-refractivity contribution in [1.29, 1.82) is 0 Å². The molecule has 0 saturated carbocycles. The summed E-state index contributed by atoms with van der Waals surface area (Å²) < 4.78 is 9.87. The first-order chi connectivity index (χ1) is 52.7. The third kappa shape index (κ3) is 10.8. The molecule has 0 N–H and O–H groups in total. The summed E-state index contributed by atoms with van der Waals surface area (Å²) in [5.41, 5.74) is 39.9. The molecular weight excluding hydrogens is 1380 g/mol. The standard InChI is InChI=1S/C100H88N8.Zn/c1-13-15-17-31-71-91-67-27-19-23-33-81(67)107(11)99(91)89(93-69-29-21-25-35-83(69)105(9)97(71)93)65-41-37-63(38-42-65)87-73-45-49-77(101-73)95(85-59(5)53-57(3)54-60(85)6)79-51-47-75(103-79)88(76-48-52-80(104-76)96(78-50-46-74(87)102-78)86-61(7)55-58(4)56-62(86)8)64-39-43-66(44-40-64)90-94-70-30-22-26-36-84(70)106(10)98(94)72(32-18-16-14-2)92-68-28-20-24-34-82(68)108(12)100(90)92;/h19-30,33-56H,13-18,31-32H2,1-12H3;/q-2;+2. The third-order valence-corrected chi connectivity index (χ3v) is 24.0. The number of unbranched alkanes of at least 4 members (excludes halogenated alkanes) is 4. The second-order valence-electron chi connectivity index (χ2n) is 30.9. The van der Waals surface area contributed by atoms with E-state index in [1.807, 2.05) is 0 Å². The molecule has 8 bridgehead atoms. The van der Waals surface area contributed by atoms with Gasteiger partial charge < -0.3 is 28.2 Å². The zero-order chi connectivity index (χ0) is 73.7. The van der Waals surface area contributed by atoms with Crippen LogP contribution in [0, 0.1) is 41.5 Å². The van der Waals surface area contributed by atoms with Gasteiger partial charge in [0.15, 0.2) is 0 Å². The largest absolute Gasteiger partial charge is 2.00 e. The zero-order valence-corrected chi connectivity index (χ0v) is 67.7. The Morgan fingerprint density at radius 2 is 0.569 bits per heavy atom. The van der Waals surface area contributed by atoms with E-state index >= 15 is 0 Å². The second kappa shape index (κ2) is 27.1. The summed E-state index contributed by atoms with van der Waals surface area (Å²) in [6.07, 6.45) is 17.8. The monoisotopic (exact) mass is 1460 g/mol. The molecule has 0 spiro atoms. The number of hydrogen-bond acceptors (Lipinski definition) is 2. The van der Waals surface area contributed by atoms with Gasteiger partial charge in [0.05, 0.1) is 44.8 Å². The maximum Gasteiger partial charge on any atom is 2.00 e. The summed E-state index contributed by atoms with van der Waals surface area (Å²) in [5.74, 6) is 0. The minimum absolute atomic E-state index is 0. The minimum Gasteiger partial charge on any atom is -0.657 e. The fourth-order valence-corrected chi connectivity index (χ4v) is 19.6. The summed E-state index contributed by atoms with van der Waals surface area (Å²) in [6, 6.07) is 72.8. The Bertz CT molecular complexity index is 6450. The predicted octanol–water partition coefficient (Wildman–Crippen LogP) is 25.8. The average molecular weight is 1470 g/mol. The van der Waals surface area contributed by atoms with Crippen molar-refractivity contribution in [3.8, 4) is 66.8 Å². The number of para-hydroxylation sites is 4. The molecule has 0 fully saturated rings. The SMILES string of the molecule is CCCCCc1c2c3ccccc3n(C)c2c(-c2ccc(-c3c4nc(c(-c5c(C)cc(C)cc5C)c5ccc([n-]5)c(-c5ccc(-c6c7c8ccccc8n(C)c7c(CCCCC)c7c8ccccc8n(C)c67)cc5)c5nc(c(-c6c(C)cc(C)cc6C)c6ccc3[n-]6)C=C5)C=C4)cc2)c2c3ccccc3n(C)c12.[Zn+2]. The van der Waals surface area contributed by atoms with Crippen molar-refractivity contribution in [2.45, 2.75) is 107 Å². The Kier molecular flexibility index (Phi) is 17.2. The van der Waals surface area contributed by atoms with Crippen molar-refractivity contribution < 1.29 is 19.5 Å². The van der Waals surface area contributed by atoms with Crippen molar-refractivity contribution in [2.75, 3.05) is 0 Å². The van der Waals surface area contributed by atoms with Crippen LogP contribution in [0.25, 0.3) is 200 Å². The number of fused-ring (bicyclic) bond motifs is 20. The van der Waals surface area contributed by atoms with Crippen LogP contribution in [0.15, 0.2) is 194 Å². The molecule has 10 aromatic carbocycles. The summed E-state index contributed by atoms with van der Waals surface area (Å²) in [4.78, 5) is 23.5. The molecule has 0 aliphatic carbocycles. The van der Waals surface area contributed by atoms with Gasteiger partial charge in [0, 0.05) is 104 Å². The quantitative estimate of drug-likeness (QED) is 0.0803. The minimum atomic E-state index is 0. The van der Waals surface area contributed by atoms with E-state index in [-0.39, 0.29) is 19.5 Å². The Labute approximate surface area is 649 Å². The van der Waals surface area contributed by atoms with Crippen molar-refractivity contribution >= 4 is 134 Å². The van der Waals surface area contributed by atoms with E-state index in [1.165, 1.54) is 169 Å². The molecule has 9 heteroatoms. The van der Waals surface area contributed by atoms with Crippen molar-refractivity contribution in [1.82, 2.24) is 38.2 Å². The summed E-state index contributed by atoms with van der Waals surface area (Å²) in [7, 11) is 9.08. The normalized spacial score (nSPS) is 12.4. The van der Waals surface area contributed by atoms with Gasteiger partial charge in [-0.15, -0.1) is 22.1 Å². The van der Waals surface area contributed by atoms with Crippen LogP contribution in [0.3, 0.4) is 0 Å². The van der Waals surface area contributed by atoms with E-state index in [2.05, 4.69) is 320 Å². The number of benzene rings is 10. The van der Waals surface area contributed by atoms with Crippen LogP contribution in [0.1, 0.15) is 120 Å². The molecule has 2 aliphatic rings. The van der Waals surface area contributed by atoms with Gasteiger partial charge in [0.25, 0.3) is 0 Å². The first-order valence-corrected chi connectivity index (χ1v) is 38.9. The van der Waals surface area contributed by atoms with Crippen LogP contribution in [-0.4, -0.2) is 28.2 Å². The molecule has 109 heavy (non-hydrogen) atoms. The first kappa shape index (κ1) is 69.4. The smallest absolute Gasteiger partial charge is 0.657 e. The maximum atomic E-state index is 5.86. The molecule has 0 atom stereocenters. The van der Waals surface area contributed by atoms with E-state index in [0.29, 0.717) is 0 Å². The van der Waals surface area contributed by atoms with E-state index in [0.717, 1.165) is 126 Å². The molecule has 7 aromatic heterocycles. The maximum absolute atomic E-state index is 5.86. The second-order valence-corrected chi connectivity index (χ2v) is 30.9. The molecule has 530 valence electrons. The first-order valence-electron chi connectivity index (χ1n) is 38.9. The number of aromatic nitrogens is 8. The van der Waals surface area contributed by atoms with Gasteiger partial charge in [0.2, 0.25) is 0 Å². The molecule has 17 aromatic rings. The van der Waals surface area contributed by atoms with Crippen molar-refractivity contribution in [3.05, 3.63) is 261 Å². The molecule has 19 rings (SSSR count). The molecule has 0 unspecified atom stereocenters. The van der Waals surface area contributed by atoms with Gasteiger partial charge in [-0.3, -0.25) is 0 Å². The van der Waals surface area contributed by atoms with Gasteiger partial charge in [-0.2, -0.15) is 0 Å². The number of nitrogens with zero attached hydrogens (tertiary/aromatic N) is 8. The number of aryl methyl sites for hydroxylation is 12. The third-order valence-electron chi connectivity index (χ3n) is 24.0. The van der Waals surface area contributed by atoms with Crippen LogP contribution < -0.4 is 9.97 Å². The van der Waals surface area contributed by atoms with Crippen molar-refractivity contribution in [3.63, 3.8) is 0 Å². The topological polar surface area (TPSA) is 73.7 Å². The summed E-state index contributed by atoms with van der Waals surface area (Å²) >= 11 is 0. The predicted molar refractivity (Wildman–Crippen MR) is 460 cm³/mol. The molecular formula is C100H88N8Zn. The summed E-state index contributed by atoms with van der Waals surface area (Å²) in [5, 5.41) is 10.5. The van der Waals surface area contributed by atoms with Crippen LogP contribution in [0.4, 0.5) is 0 Å². The Morgan fingerprint density at radius 1 is 0.294 bits per heavy atom. The molecule has 0 amide bonds. The van der Waals surface area contributed by atoms with Gasteiger partial charge in [-0.25, -0.2) is 9.97 Å². The van der Waals surface area contributed by atoms with Crippen LogP contribution in [0.5, 0.6) is 0 Å². The fraction of sp³-hybridized carbons (Fsp3) is 0.200. The van der Waals surface area contributed by atoms with Gasteiger partial charge >= 0.3 is 19.5 Å². The van der Waals surface area contributed by atoms with Gasteiger partial charge in [-0.05, 0) is 205 Å². The molecule has 8 nitrogen and oxygen atoms in total. The van der Waals surface area contributed by atoms with Gasteiger partial charge in [-0.1, -0.05) is 221 Å². The Morgan fingerprint density at radius 3 is 0.890 bits per heavy atom. The van der Waals surface area contributed by atoms with E-state index < -0.39 is 0 Å². The Balaban J connectivity index is 0.00000836. The van der Waals surface area contributed by atoms with E-state index in [4.69, 9.17) is 19.9 Å². The van der Waals surface area contributed by atoms with E-state index in [1.54, 1.807) is 0 Å². The van der Waals surface area contributed by atoms with E-state index in [9.17, 15) is 0 Å². The van der Waals surface area contributed by atoms with Crippen LogP contribution in [0.2, 0.25) is 0 Å². The van der Waals surface area contributed by atoms with Gasteiger partial charge in [0.1, 0.15) is 0 Å². The van der Waals surface area contributed by atoms with Crippen LogP contribution in [-0.2, 0) is 60.5 Å². The number of rotatable bonds is 14. The zero-order valence-electron chi connectivity index (χ0n) is 64.7. The van der Waals surface area contributed by atoms with Crippen LogP contribution >= 0.6 is 0 Å². The molecule has 0 radical (unpaired) electrons. The molecule has 0 saturated heterocycles. The number of hydrogen-bond donors (Lipinski definition) is 0. The van der Waals surface area contributed by atoms with Crippen molar-refractivity contribution in [2.24, 2.45) is 28.2 Å².